The Balaban J connectivity index is 3.15. The number of unbranched alkanes of at least 4 members (excludes halogenated alkanes) is 2. The smallest absolute Gasteiger partial charge is 0.0272 e. The van der Waals surface area contributed by atoms with Gasteiger partial charge in [-0.15, -0.1) is 5.73 Å². The molecule has 0 spiro atoms. The van der Waals surface area contributed by atoms with Crippen molar-refractivity contribution in [2.45, 2.75) is 39.5 Å². The monoisotopic (exact) mass is 150 g/mol. The van der Waals surface area contributed by atoms with Crippen LogP contribution in [0.5, 0.6) is 0 Å². The molecule has 0 aliphatic heterocycles. The average Bonchev–Trinajstić information content (AvgIpc) is 2.03. The third kappa shape index (κ3) is 9.26. The van der Waals surface area contributed by atoms with Crippen molar-refractivity contribution < 1.29 is 0 Å². The van der Waals surface area contributed by atoms with Gasteiger partial charge in [-0.1, -0.05) is 19.1 Å². The van der Waals surface area contributed by atoms with Gasteiger partial charge in [0.15, 0.2) is 0 Å². The molecule has 0 heteroatoms. The Bertz CT molecular complexity index is 145. The van der Waals surface area contributed by atoms with E-state index in [-0.39, 0.29) is 0 Å². The van der Waals surface area contributed by atoms with Crippen molar-refractivity contribution in [2.24, 2.45) is 0 Å². The first-order chi connectivity index (χ1) is 5.41. The van der Waals surface area contributed by atoms with E-state index < -0.39 is 0 Å². The number of allylic oxidation sites excluding steroid dienone is 3. The predicted octanol–water partition coefficient (Wildman–Crippen LogP) is 3.85. The topological polar surface area (TPSA) is 0 Å². The summed E-state index contributed by atoms with van der Waals surface area (Å²) in [4.78, 5) is 0. The van der Waals surface area contributed by atoms with E-state index in [0.717, 1.165) is 12.8 Å². The van der Waals surface area contributed by atoms with E-state index in [1.54, 1.807) is 0 Å². The summed E-state index contributed by atoms with van der Waals surface area (Å²) < 4.78 is 0. The highest BCUT2D eigenvalue weighted by atomic mass is 13.8. The van der Waals surface area contributed by atoms with Crippen LogP contribution >= 0.6 is 0 Å². The number of hydrogen-bond donors (Lipinski definition) is 0. The van der Waals surface area contributed by atoms with Crippen molar-refractivity contribution in [1.29, 1.82) is 0 Å². The summed E-state index contributed by atoms with van der Waals surface area (Å²) in [6.45, 7) is 4.16. The van der Waals surface area contributed by atoms with Crippen molar-refractivity contribution in [3.63, 3.8) is 0 Å². The van der Waals surface area contributed by atoms with Crippen LogP contribution in [0.3, 0.4) is 0 Å². The minimum absolute atomic E-state index is 1.15. The lowest BCUT2D eigenvalue weighted by atomic mass is 10.2. The lowest BCUT2D eigenvalue weighted by Crippen LogP contribution is -1.67. The van der Waals surface area contributed by atoms with Crippen LogP contribution in [0.2, 0.25) is 0 Å². The second-order valence-electron chi connectivity index (χ2n) is 2.47. The molecule has 62 valence electrons. The van der Waals surface area contributed by atoms with Crippen LogP contribution in [0.25, 0.3) is 0 Å². The molecule has 0 aromatic carbocycles. The maximum absolute atomic E-state index is 3.07. The second kappa shape index (κ2) is 9.26. The Morgan fingerprint density at radius 3 is 2.64 bits per heavy atom. The molecule has 0 saturated heterocycles. The zero-order valence-electron chi connectivity index (χ0n) is 7.64. The van der Waals surface area contributed by atoms with E-state index in [2.05, 4.69) is 30.9 Å². The summed E-state index contributed by atoms with van der Waals surface area (Å²) in [5.41, 5.74) is 3.07. The van der Waals surface area contributed by atoms with Crippen LogP contribution < -0.4 is 0 Å². The largest absolute Gasteiger partial charge is 0.130 e. The SMILES string of the molecule is CC=C=CCCCC=CCC. The maximum atomic E-state index is 3.07. The molecule has 0 nitrogen and oxygen atoms in total. The van der Waals surface area contributed by atoms with Gasteiger partial charge in [-0.3, -0.25) is 0 Å². The molecule has 0 unspecified atom stereocenters. The first-order valence-electron chi connectivity index (χ1n) is 4.42. The van der Waals surface area contributed by atoms with Crippen molar-refractivity contribution in [2.75, 3.05) is 0 Å². The average molecular weight is 150 g/mol. The van der Waals surface area contributed by atoms with E-state index >= 15 is 0 Å². The lowest BCUT2D eigenvalue weighted by molar-refractivity contribution is 0.865. The summed E-state index contributed by atoms with van der Waals surface area (Å²) >= 11 is 0. The summed E-state index contributed by atoms with van der Waals surface area (Å²) in [7, 11) is 0. The summed E-state index contributed by atoms with van der Waals surface area (Å²) in [6, 6.07) is 0. The lowest BCUT2D eigenvalue weighted by Gasteiger charge is -1.87. The van der Waals surface area contributed by atoms with Crippen molar-refractivity contribution in [1.82, 2.24) is 0 Å². The predicted molar refractivity (Wildman–Crippen MR) is 51.6 cm³/mol. The van der Waals surface area contributed by atoms with Gasteiger partial charge < -0.3 is 0 Å². The fourth-order valence-corrected chi connectivity index (χ4v) is 0.823. The van der Waals surface area contributed by atoms with E-state index in [4.69, 9.17) is 0 Å². The molecule has 0 heterocycles. The molecule has 0 aromatic heterocycles. The van der Waals surface area contributed by atoms with Crippen LogP contribution in [0, 0.1) is 0 Å². The zero-order chi connectivity index (χ0) is 8.36. The summed E-state index contributed by atoms with van der Waals surface area (Å²) in [5, 5.41) is 0. The molecule has 0 aromatic rings. The molecule has 11 heavy (non-hydrogen) atoms. The highest BCUT2D eigenvalue weighted by Crippen LogP contribution is 1.97. The minimum atomic E-state index is 1.15. The van der Waals surface area contributed by atoms with Crippen LogP contribution in [0.1, 0.15) is 39.5 Å². The molecule has 0 amide bonds. The van der Waals surface area contributed by atoms with Crippen molar-refractivity contribution in [3.05, 3.63) is 30.0 Å². The van der Waals surface area contributed by atoms with Gasteiger partial charge in [-0.05, 0) is 44.8 Å². The Labute approximate surface area is 70.3 Å². The third-order valence-corrected chi connectivity index (χ3v) is 1.41. The van der Waals surface area contributed by atoms with Gasteiger partial charge in [-0.2, -0.15) is 0 Å². The molecule has 0 atom stereocenters. The molecule has 0 aliphatic carbocycles. The van der Waals surface area contributed by atoms with Gasteiger partial charge in [-0.25, -0.2) is 0 Å². The van der Waals surface area contributed by atoms with Crippen molar-refractivity contribution >= 4 is 0 Å². The molecule has 0 N–H and O–H groups in total. The Hall–Kier alpha value is -0.740. The molecule has 0 fully saturated rings. The maximum Gasteiger partial charge on any atom is -0.0272 e. The first-order valence-corrected chi connectivity index (χ1v) is 4.42. The van der Waals surface area contributed by atoms with Gasteiger partial charge >= 0.3 is 0 Å². The molecule has 0 saturated carbocycles. The molecule has 0 radical (unpaired) electrons. The van der Waals surface area contributed by atoms with Crippen LogP contribution in [0.4, 0.5) is 0 Å². The molecular weight excluding hydrogens is 132 g/mol. The van der Waals surface area contributed by atoms with E-state index in [9.17, 15) is 0 Å². The first kappa shape index (κ1) is 10.3. The molecule has 0 bridgehead atoms. The number of hydrogen-bond acceptors (Lipinski definition) is 0. The normalized spacial score (nSPS) is 9.64. The number of rotatable bonds is 5. The van der Waals surface area contributed by atoms with Crippen LogP contribution in [0.15, 0.2) is 30.0 Å². The highest BCUT2D eigenvalue weighted by Gasteiger charge is 1.77. The summed E-state index contributed by atoms with van der Waals surface area (Å²) in [6.07, 6.45) is 13.3. The van der Waals surface area contributed by atoms with Gasteiger partial charge in [0.2, 0.25) is 0 Å². The van der Waals surface area contributed by atoms with Gasteiger partial charge in [0, 0.05) is 0 Å². The minimum Gasteiger partial charge on any atom is -0.130 e. The van der Waals surface area contributed by atoms with Crippen LogP contribution in [-0.4, -0.2) is 0 Å². The van der Waals surface area contributed by atoms with E-state index in [1.165, 1.54) is 12.8 Å². The molecular formula is C11H18. The summed E-state index contributed by atoms with van der Waals surface area (Å²) in [5.74, 6) is 0. The van der Waals surface area contributed by atoms with E-state index in [0.29, 0.717) is 0 Å². The fraction of sp³-hybridized carbons (Fsp3) is 0.545. The standard InChI is InChI=1S/C11H18/c1-3-5-7-9-11-10-8-6-4-2/h3,6-8H,4,9-11H2,1-2H3. The Morgan fingerprint density at radius 2 is 2.00 bits per heavy atom. The van der Waals surface area contributed by atoms with Gasteiger partial charge in [0.25, 0.3) is 0 Å². The van der Waals surface area contributed by atoms with Gasteiger partial charge in [0.1, 0.15) is 0 Å². The Kier molecular flexibility index (Phi) is 8.64. The quantitative estimate of drug-likeness (QED) is 0.317. The van der Waals surface area contributed by atoms with E-state index in [1.807, 2.05) is 13.0 Å². The van der Waals surface area contributed by atoms with Crippen molar-refractivity contribution in [3.8, 4) is 0 Å². The molecule has 0 rings (SSSR count). The van der Waals surface area contributed by atoms with Crippen LogP contribution in [-0.2, 0) is 0 Å². The Morgan fingerprint density at radius 1 is 1.18 bits per heavy atom. The highest BCUT2D eigenvalue weighted by molar-refractivity contribution is 4.84. The van der Waals surface area contributed by atoms with Gasteiger partial charge in [0.05, 0.1) is 0 Å². The zero-order valence-corrected chi connectivity index (χ0v) is 7.64. The molecule has 0 aliphatic rings. The third-order valence-electron chi connectivity index (χ3n) is 1.41. The second-order valence-corrected chi connectivity index (χ2v) is 2.47. The fourth-order valence-electron chi connectivity index (χ4n) is 0.823.